The third-order valence-corrected chi connectivity index (χ3v) is 3.60. The molecule has 1 rings (SSSR count). The van der Waals surface area contributed by atoms with Crippen LogP contribution in [-0.2, 0) is 11.2 Å². The number of allylic oxidation sites excluding steroid dienone is 1. The maximum Gasteiger partial charge on any atom is 0.193 e. The predicted molar refractivity (Wildman–Crippen MR) is 114 cm³/mol. The largest absolute Gasteiger partial charge is 0.381 e. The van der Waals surface area contributed by atoms with Crippen LogP contribution in [0.2, 0.25) is 0 Å². The van der Waals surface area contributed by atoms with Crippen molar-refractivity contribution >= 4 is 29.9 Å². The molecule has 0 saturated heterocycles. The van der Waals surface area contributed by atoms with Crippen molar-refractivity contribution in [2.45, 2.75) is 25.7 Å². The van der Waals surface area contributed by atoms with Crippen LogP contribution in [-0.4, -0.2) is 51.3 Å². The molecule has 4 nitrogen and oxygen atoms in total. The number of ether oxygens (including phenoxy) is 1. The first kappa shape index (κ1) is 22.9. The van der Waals surface area contributed by atoms with E-state index in [1.54, 1.807) is 0 Å². The summed E-state index contributed by atoms with van der Waals surface area (Å²) in [7, 11) is 3.89. The number of halogens is 1. The summed E-state index contributed by atoms with van der Waals surface area (Å²) < 4.78 is 5.69. The van der Waals surface area contributed by atoms with E-state index in [0.29, 0.717) is 0 Å². The minimum atomic E-state index is 0. The van der Waals surface area contributed by atoms with Crippen molar-refractivity contribution in [1.82, 2.24) is 10.2 Å². The fraction of sp³-hybridized carbons (Fsp3) is 0.526. The minimum Gasteiger partial charge on any atom is -0.381 e. The van der Waals surface area contributed by atoms with Crippen LogP contribution in [0.15, 0.2) is 48.0 Å². The van der Waals surface area contributed by atoms with Crippen molar-refractivity contribution in [3.05, 3.63) is 48.6 Å². The number of aliphatic imine (C=N–C) groups is 1. The van der Waals surface area contributed by atoms with Gasteiger partial charge < -0.3 is 15.0 Å². The van der Waals surface area contributed by atoms with Crippen molar-refractivity contribution < 1.29 is 4.74 Å². The number of guanidine groups is 1. The van der Waals surface area contributed by atoms with Gasteiger partial charge in [0.2, 0.25) is 0 Å². The molecule has 0 aliphatic heterocycles. The molecule has 0 heterocycles. The molecule has 0 unspecified atom stereocenters. The lowest BCUT2D eigenvalue weighted by molar-refractivity contribution is 0.135. The topological polar surface area (TPSA) is 36.9 Å². The zero-order chi connectivity index (χ0) is 16.8. The molecular formula is C19H32IN3O. The molecule has 5 heteroatoms. The SMILES string of the molecule is C=CCCCN(C)C(=NC)NCCCOCCc1ccccc1.I. The summed E-state index contributed by atoms with van der Waals surface area (Å²) in [6.07, 6.45) is 6.05. The van der Waals surface area contributed by atoms with E-state index in [2.05, 4.69) is 53.1 Å². The van der Waals surface area contributed by atoms with E-state index in [-0.39, 0.29) is 24.0 Å². The Labute approximate surface area is 164 Å². The van der Waals surface area contributed by atoms with Crippen molar-refractivity contribution in [2.75, 3.05) is 40.4 Å². The molecule has 0 amide bonds. The van der Waals surface area contributed by atoms with Gasteiger partial charge in [-0.05, 0) is 31.2 Å². The molecule has 0 aliphatic carbocycles. The number of nitrogens with zero attached hydrogens (tertiary/aromatic N) is 2. The van der Waals surface area contributed by atoms with Gasteiger partial charge >= 0.3 is 0 Å². The summed E-state index contributed by atoms with van der Waals surface area (Å²) in [6, 6.07) is 10.4. The Hall–Kier alpha value is -1.08. The fourth-order valence-corrected chi connectivity index (χ4v) is 2.27. The minimum absolute atomic E-state index is 0. The van der Waals surface area contributed by atoms with Gasteiger partial charge in [0.25, 0.3) is 0 Å². The molecule has 0 bridgehead atoms. The molecule has 0 saturated carbocycles. The third-order valence-electron chi connectivity index (χ3n) is 3.60. The van der Waals surface area contributed by atoms with Crippen molar-refractivity contribution in [3.63, 3.8) is 0 Å². The second-order valence-electron chi connectivity index (χ2n) is 5.53. The Balaban J connectivity index is 0.00000529. The molecule has 24 heavy (non-hydrogen) atoms. The highest BCUT2D eigenvalue weighted by molar-refractivity contribution is 14.0. The van der Waals surface area contributed by atoms with Gasteiger partial charge in [0.05, 0.1) is 6.61 Å². The first-order valence-electron chi connectivity index (χ1n) is 8.42. The molecular weight excluding hydrogens is 413 g/mol. The van der Waals surface area contributed by atoms with Gasteiger partial charge in [-0.1, -0.05) is 36.4 Å². The molecule has 136 valence electrons. The molecule has 0 fully saturated rings. The van der Waals surface area contributed by atoms with Gasteiger partial charge in [0.1, 0.15) is 0 Å². The average molecular weight is 445 g/mol. The number of unbranched alkanes of at least 4 members (excludes halogenated alkanes) is 1. The summed E-state index contributed by atoms with van der Waals surface area (Å²) in [5.41, 5.74) is 1.33. The molecule has 0 aromatic heterocycles. The Morgan fingerprint density at radius 3 is 2.67 bits per heavy atom. The first-order valence-corrected chi connectivity index (χ1v) is 8.42. The zero-order valence-electron chi connectivity index (χ0n) is 15.0. The van der Waals surface area contributed by atoms with Gasteiger partial charge in [-0.2, -0.15) is 0 Å². The molecule has 1 aromatic rings. The molecule has 1 aromatic carbocycles. The smallest absolute Gasteiger partial charge is 0.193 e. The maximum atomic E-state index is 5.69. The van der Waals surface area contributed by atoms with Gasteiger partial charge in [-0.3, -0.25) is 4.99 Å². The van der Waals surface area contributed by atoms with Crippen LogP contribution in [0.1, 0.15) is 24.8 Å². The zero-order valence-corrected chi connectivity index (χ0v) is 17.4. The number of hydrogen-bond donors (Lipinski definition) is 1. The molecule has 1 N–H and O–H groups in total. The summed E-state index contributed by atoms with van der Waals surface area (Å²) in [6.45, 7) is 7.17. The van der Waals surface area contributed by atoms with Crippen LogP contribution in [0.4, 0.5) is 0 Å². The average Bonchev–Trinajstić information content (AvgIpc) is 2.58. The lowest BCUT2D eigenvalue weighted by atomic mass is 10.2. The van der Waals surface area contributed by atoms with Crippen LogP contribution < -0.4 is 5.32 Å². The predicted octanol–water partition coefficient (Wildman–Crippen LogP) is 3.73. The van der Waals surface area contributed by atoms with Crippen LogP contribution >= 0.6 is 24.0 Å². The van der Waals surface area contributed by atoms with Crippen molar-refractivity contribution in [2.24, 2.45) is 4.99 Å². The summed E-state index contributed by atoms with van der Waals surface area (Å²) in [5.74, 6) is 0.943. The van der Waals surface area contributed by atoms with Crippen LogP contribution in [0.25, 0.3) is 0 Å². The van der Waals surface area contributed by atoms with E-state index in [9.17, 15) is 0 Å². The Morgan fingerprint density at radius 1 is 1.25 bits per heavy atom. The second kappa shape index (κ2) is 15.4. The van der Waals surface area contributed by atoms with Gasteiger partial charge in [0.15, 0.2) is 5.96 Å². The third kappa shape index (κ3) is 10.6. The highest BCUT2D eigenvalue weighted by Gasteiger charge is 2.03. The normalized spacial score (nSPS) is 10.8. The summed E-state index contributed by atoms with van der Waals surface area (Å²) in [5, 5.41) is 3.37. The second-order valence-corrected chi connectivity index (χ2v) is 5.53. The van der Waals surface area contributed by atoms with E-state index in [0.717, 1.165) is 57.9 Å². The summed E-state index contributed by atoms with van der Waals surface area (Å²) in [4.78, 5) is 6.46. The highest BCUT2D eigenvalue weighted by Crippen LogP contribution is 1.99. The van der Waals surface area contributed by atoms with Gasteiger partial charge in [0, 0.05) is 33.8 Å². The van der Waals surface area contributed by atoms with Crippen LogP contribution in [0, 0.1) is 0 Å². The van der Waals surface area contributed by atoms with Gasteiger partial charge in [-0.25, -0.2) is 0 Å². The Bertz CT molecular complexity index is 451. The lowest BCUT2D eigenvalue weighted by Gasteiger charge is -2.21. The fourth-order valence-electron chi connectivity index (χ4n) is 2.27. The summed E-state index contributed by atoms with van der Waals surface area (Å²) >= 11 is 0. The number of hydrogen-bond acceptors (Lipinski definition) is 2. The lowest BCUT2D eigenvalue weighted by Crippen LogP contribution is -2.40. The van der Waals surface area contributed by atoms with Crippen LogP contribution in [0.3, 0.4) is 0 Å². The van der Waals surface area contributed by atoms with E-state index in [1.807, 2.05) is 19.2 Å². The van der Waals surface area contributed by atoms with E-state index < -0.39 is 0 Å². The van der Waals surface area contributed by atoms with Gasteiger partial charge in [-0.15, -0.1) is 30.6 Å². The Morgan fingerprint density at radius 2 is 2.00 bits per heavy atom. The van der Waals surface area contributed by atoms with Crippen molar-refractivity contribution in [1.29, 1.82) is 0 Å². The number of rotatable bonds is 11. The maximum absolute atomic E-state index is 5.69. The number of benzene rings is 1. The Kier molecular flexibility index (Phi) is 14.8. The first-order chi connectivity index (χ1) is 11.3. The van der Waals surface area contributed by atoms with Crippen molar-refractivity contribution in [3.8, 4) is 0 Å². The molecule has 0 spiro atoms. The van der Waals surface area contributed by atoms with Crippen LogP contribution in [0.5, 0.6) is 0 Å². The molecule has 0 aliphatic rings. The number of nitrogens with one attached hydrogen (secondary N) is 1. The quantitative estimate of drug-likeness (QED) is 0.186. The van der Waals surface area contributed by atoms with E-state index in [4.69, 9.17) is 4.74 Å². The molecule has 0 atom stereocenters. The monoisotopic (exact) mass is 445 g/mol. The molecule has 0 radical (unpaired) electrons. The standard InChI is InChI=1S/C19H31N3O.HI/c1-4-5-9-15-22(3)19(20-2)21-14-10-16-23-17-13-18-11-7-6-8-12-18;/h4,6-8,11-12H,1,5,9-10,13-17H2,2-3H3,(H,20,21);1H. The van der Waals surface area contributed by atoms with E-state index >= 15 is 0 Å². The van der Waals surface area contributed by atoms with E-state index in [1.165, 1.54) is 5.56 Å². The highest BCUT2D eigenvalue weighted by atomic mass is 127.